The molecule has 1 atom stereocenters. The maximum absolute atomic E-state index is 11.2. The quantitative estimate of drug-likeness (QED) is 0.515. The van der Waals surface area contributed by atoms with Crippen LogP contribution in [0.1, 0.15) is 12.5 Å². The number of nitro groups is 1. The molecule has 1 amide bonds. The Balaban J connectivity index is 2.01. The molecule has 1 aromatic carbocycles. The molecular formula is C11H10N4O3S. The summed E-state index contributed by atoms with van der Waals surface area (Å²) in [4.78, 5) is 21.2. The van der Waals surface area contributed by atoms with E-state index in [1.807, 2.05) is 0 Å². The molecule has 1 aliphatic heterocycles. The van der Waals surface area contributed by atoms with E-state index in [0.29, 0.717) is 10.7 Å². The van der Waals surface area contributed by atoms with Gasteiger partial charge in [0.25, 0.3) is 5.69 Å². The third kappa shape index (κ3) is 3.38. The van der Waals surface area contributed by atoms with E-state index in [1.54, 1.807) is 19.1 Å². The average molecular weight is 278 g/mol. The van der Waals surface area contributed by atoms with Crippen molar-refractivity contribution in [2.45, 2.75) is 12.2 Å². The lowest BCUT2D eigenvalue weighted by Gasteiger charge is -1.92. The van der Waals surface area contributed by atoms with Gasteiger partial charge in [-0.25, -0.2) is 0 Å². The second-order valence-corrected chi connectivity index (χ2v) is 5.08. The normalized spacial score (nSPS) is 21.0. The molecule has 0 spiro atoms. The minimum Gasteiger partial charge on any atom is -0.303 e. The van der Waals surface area contributed by atoms with E-state index < -0.39 is 4.92 Å². The summed E-state index contributed by atoms with van der Waals surface area (Å²) in [6.45, 7) is 1.78. The van der Waals surface area contributed by atoms with Gasteiger partial charge in [0.05, 0.1) is 16.4 Å². The number of carbonyl (C=O) groups is 1. The van der Waals surface area contributed by atoms with Crippen molar-refractivity contribution in [3.63, 3.8) is 0 Å². The van der Waals surface area contributed by atoms with Crippen LogP contribution >= 0.6 is 11.8 Å². The van der Waals surface area contributed by atoms with Gasteiger partial charge in [-0.3, -0.25) is 14.9 Å². The van der Waals surface area contributed by atoms with Crippen LogP contribution in [0, 0.1) is 10.1 Å². The topological polar surface area (TPSA) is 97.0 Å². The van der Waals surface area contributed by atoms with Crippen molar-refractivity contribution < 1.29 is 9.72 Å². The van der Waals surface area contributed by atoms with Crippen LogP contribution in [0.15, 0.2) is 34.5 Å². The fourth-order valence-electron chi connectivity index (χ4n) is 1.34. The molecule has 2 rings (SSSR count). The van der Waals surface area contributed by atoms with Crippen LogP contribution < -0.4 is 5.32 Å². The van der Waals surface area contributed by atoms with Crippen molar-refractivity contribution in [2.75, 3.05) is 0 Å². The number of amides is 1. The Morgan fingerprint density at radius 1 is 1.42 bits per heavy atom. The van der Waals surface area contributed by atoms with Gasteiger partial charge < -0.3 is 5.32 Å². The minimum atomic E-state index is -0.465. The molecule has 0 unspecified atom stereocenters. The van der Waals surface area contributed by atoms with Crippen molar-refractivity contribution in [1.29, 1.82) is 0 Å². The van der Waals surface area contributed by atoms with Crippen LogP contribution in [-0.2, 0) is 4.79 Å². The van der Waals surface area contributed by atoms with Gasteiger partial charge >= 0.3 is 0 Å². The zero-order chi connectivity index (χ0) is 13.8. The summed E-state index contributed by atoms with van der Waals surface area (Å²) in [5.41, 5.74) is 0.716. The fraction of sp³-hybridized carbons (Fsp3) is 0.182. The molecule has 0 aliphatic carbocycles. The van der Waals surface area contributed by atoms with Crippen molar-refractivity contribution >= 4 is 34.7 Å². The van der Waals surface area contributed by atoms with Gasteiger partial charge in [0.1, 0.15) is 0 Å². The molecule has 19 heavy (non-hydrogen) atoms. The molecule has 0 bridgehead atoms. The Bertz CT molecular complexity index is 568. The summed E-state index contributed by atoms with van der Waals surface area (Å²) in [6, 6.07) is 5.93. The van der Waals surface area contributed by atoms with Crippen LogP contribution in [0.4, 0.5) is 5.69 Å². The first kappa shape index (κ1) is 13.2. The Hall–Kier alpha value is -2.22. The molecule has 8 heteroatoms. The molecule has 1 aliphatic rings. The highest BCUT2D eigenvalue weighted by molar-refractivity contribution is 8.15. The molecule has 98 valence electrons. The highest BCUT2D eigenvalue weighted by Gasteiger charge is 2.25. The van der Waals surface area contributed by atoms with E-state index in [1.165, 1.54) is 30.1 Å². The Labute approximate surface area is 112 Å². The Morgan fingerprint density at radius 3 is 2.63 bits per heavy atom. The van der Waals surface area contributed by atoms with E-state index in [-0.39, 0.29) is 16.8 Å². The number of non-ortho nitro benzene ring substituents is 1. The Morgan fingerprint density at radius 2 is 2.11 bits per heavy atom. The van der Waals surface area contributed by atoms with E-state index in [9.17, 15) is 14.9 Å². The molecule has 0 saturated carbocycles. The zero-order valence-corrected chi connectivity index (χ0v) is 10.8. The van der Waals surface area contributed by atoms with E-state index in [0.717, 1.165) is 0 Å². The maximum atomic E-state index is 11.2. The number of benzene rings is 1. The van der Waals surface area contributed by atoms with Crippen molar-refractivity contribution in [1.82, 2.24) is 5.32 Å². The van der Waals surface area contributed by atoms with Crippen molar-refractivity contribution in [2.24, 2.45) is 10.2 Å². The maximum Gasteiger partial charge on any atom is 0.269 e. The first-order valence-corrected chi connectivity index (χ1v) is 6.27. The van der Waals surface area contributed by atoms with Gasteiger partial charge in [-0.2, -0.15) is 5.10 Å². The van der Waals surface area contributed by atoms with Gasteiger partial charge in [-0.05, 0) is 24.6 Å². The van der Waals surface area contributed by atoms with Crippen LogP contribution in [0.3, 0.4) is 0 Å². The number of nitrogens with one attached hydrogen (secondary N) is 1. The van der Waals surface area contributed by atoms with Gasteiger partial charge in [0.2, 0.25) is 5.91 Å². The number of nitro benzene ring substituents is 1. The molecular weight excluding hydrogens is 268 g/mol. The molecule has 1 fully saturated rings. The first-order valence-electron chi connectivity index (χ1n) is 5.39. The van der Waals surface area contributed by atoms with Crippen LogP contribution in [0.25, 0.3) is 0 Å². The highest BCUT2D eigenvalue weighted by atomic mass is 32.2. The van der Waals surface area contributed by atoms with Gasteiger partial charge in [0.15, 0.2) is 5.17 Å². The third-order valence-electron chi connectivity index (χ3n) is 2.35. The third-order valence-corrected chi connectivity index (χ3v) is 3.32. The highest BCUT2D eigenvalue weighted by Crippen LogP contribution is 2.18. The predicted molar refractivity (Wildman–Crippen MR) is 73.3 cm³/mol. The number of carbonyl (C=O) groups excluding carboxylic acids is 1. The lowest BCUT2D eigenvalue weighted by molar-refractivity contribution is -0.384. The molecule has 1 aromatic rings. The minimum absolute atomic E-state index is 0.0240. The van der Waals surface area contributed by atoms with Crippen molar-refractivity contribution in [3.8, 4) is 0 Å². The van der Waals surface area contributed by atoms with Crippen LogP contribution in [-0.4, -0.2) is 27.5 Å². The number of nitrogens with zero attached hydrogens (tertiary/aromatic N) is 3. The number of hydrogen-bond acceptors (Lipinski definition) is 6. The van der Waals surface area contributed by atoms with Crippen molar-refractivity contribution in [3.05, 3.63) is 39.9 Å². The monoisotopic (exact) mass is 278 g/mol. The number of hydrogen-bond donors (Lipinski definition) is 1. The fourth-order valence-corrected chi connectivity index (χ4v) is 2.09. The lowest BCUT2D eigenvalue weighted by Crippen LogP contribution is -2.23. The second-order valence-electron chi connectivity index (χ2n) is 3.75. The number of rotatable bonds is 3. The number of amidine groups is 1. The lowest BCUT2D eigenvalue weighted by atomic mass is 10.2. The van der Waals surface area contributed by atoms with Gasteiger partial charge in [-0.1, -0.05) is 11.8 Å². The summed E-state index contributed by atoms with van der Waals surface area (Å²) in [5.74, 6) is -0.0886. The zero-order valence-electron chi connectivity index (χ0n) is 9.94. The van der Waals surface area contributed by atoms with Crippen LogP contribution in [0.2, 0.25) is 0 Å². The largest absolute Gasteiger partial charge is 0.303 e. The standard InChI is InChI=1S/C11H10N4O3S/c1-7-10(16)13-11(19-7)14-12-6-8-2-4-9(5-3-8)15(17)18/h2-7H,1H3,(H,13,14,16)/t7-/m1/s1. The van der Waals surface area contributed by atoms with Gasteiger partial charge in [0, 0.05) is 12.1 Å². The van der Waals surface area contributed by atoms with Gasteiger partial charge in [-0.15, -0.1) is 5.10 Å². The summed E-state index contributed by atoms with van der Waals surface area (Å²) in [7, 11) is 0. The summed E-state index contributed by atoms with van der Waals surface area (Å²) in [5, 5.41) is 21.0. The molecule has 0 radical (unpaired) electrons. The van der Waals surface area contributed by atoms with E-state index in [2.05, 4.69) is 15.5 Å². The number of thioether (sulfide) groups is 1. The second kappa shape index (κ2) is 5.61. The summed E-state index contributed by atoms with van der Waals surface area (Å²) >= 11 is 1.30. The van der Waals surface area contributed by atoms with E-state index >= 15 is 0 Å². The van der Waals surface area contributed by atoms with E-state index in [4.69, 9.17) is 0 Å². The summed E-state index contributed by atoms with van der Waals surface area (Å²) in [6.07, 6.45) is 1.46. The van der Waals surface area contributed by atoms with Crippen LogP contribution in [0.5, 0.6) is 0 Å². The SMILES string of the molecule is C[C@H]1S/C(=N/N=Cc2ccc([N+](=O)[O-])cc2)NC1=O. The predicted octanol–water partition coefficient (Wildman–Crippen LogP) is 1.54. The smallest absolute Gasteiger partial charge is 0.269 e. The molecule has 0 aromatic heterocycles. The average Bonchev–Trinajstić information content (AvgIpc) is 2.69. The molecule has 1 saturated heterocycles. The molecule has 7 nitrogen and oxygen atoms in total. The first-order chi connectivity index (χ1) is 9.06. The Kier molecular flexibility index (Phi) is 3.91. The molecule has 1 N–H and O–H groups in total. The molecule has 1 heterocycles. The summed E-state index contributed by atoms with van der Waals surface area (Å²) < 4.78 is 0.